The van der Waals surface area contributed by atoms with E-state index >= 15 is 0 Å². The molecule has 84 valence electrons. The van der Waals surface area contributed by atoms with Gasteiger partial charge in [-0.25, -0.2) is 0 Å². The van der Waals surface area contributed by atoms with Crippen molar-refractivity contribution in [1.82, 2.24) is 4.90 Å². The summed E-state index contributed by atoms with van der Waals surface area (Å²) in [5, 5.41) is 2.16. The topological polar surface area (TPSA) is 3.24 Å². The molecule has 2 atom stereocenters. The van der Waals surface area contributed by atoms with Crippen molar-refractivity contribution in [3.63, 3.8) is 0 Å². The van der Waals surface area contributed by atoms with Gasteiger partial charge in [-0.3, -0.25) is 4.90 Å². The molecule has 1 fully saturated rings. The molecule has 1 aromatic heterocycles. The molecule has 15 heavy (non-hydrogen) atoms. The third-order valence-electron chi connectivity index (χ3n) is 3.54. The first kappa shape index (κ1) is 11.6. The Morgan fingerprint density at radius 2 is 2.33 bits per heavy atom. The Kier molecular flexibility index (Phi) is 3.86. The lowest BCUT2D eigenvalue weighted by molar-refractivity contribution is 0.107. The number of hydrogen-bond donors (Lipinski definition) is 0. The standard InChI is InChI=1S/C12H18BrNS/c1-9-4-3-6-14(10(9)2)8-12-11(13)5-7-15-12/h5,7,9-10H,3-4,6,8H2,1-2H3. The third kappa shape index (κ3) is 2.63. The molecular weight excluding hydrogens is 270 g/mol. The molecule has 1 nitrogen and oxygen atoms in total. The van der Waals surface area contributed by atoms with Crippen LogP contribution in [-0.4, -0.2) is 17.5 Å². The summed E-state index contributed by atoms with van der Waals surface area (Å²) in [6.45, 7) is 7.12. The smallest absolute Gasteiger partial charge is 0.0342 e. The van der Waals surface area contributed by atoms with Gasteiger partial charge >= 0.3 is 0 Å². The maximum atomic E-state index is 3.61. The van der Waals surface area contributed by atoms with Crippen LogP contribution >= 0.6 is 27.3 Å². The van der Waals surface area contributed by atoms with Gasteiger partial charge in [0.25, 0.3) is 0 Å². The van der Waals surface area contributed by atoms with Crippen LogP contribution in [0.4, 0.5) is 0 Å². The predicted octanol–water partition coefficient (Wildman–Crippen LogP) is 4.13. The largest absolute Gasteiger partial charge is 0.295 e. The van der Waals surface area contributed by atoms with Crippen LogP contribution in [0.1, 0.15) is 31.6 Å². The maximum Gasteiger partial charge on any atom is 0.0342 e. The molecule has 3 heteroatoms. The third-order valence-corrected chi connectivity index (χ3v) is 5.45. The average Bonchev–Trinajstić information content (AvgIpc) is 2.60. The minimum Gasteiger partial charge on any atom is -0.295 e. The number of nitrogens with zero attached hydrogens (tertiary/aromatic N) is 1. The van der Waals surface area contributed by atoms with Crippen LogP contribution in [0.3, 0.4) is 0 Å². The maximum absolute atomic E-state index is 3.61. The van der Waals surface area contributed by atoms with Crippen molar-refractivity contribution in [2.45, 2.75) is 39.3 Å². The van der Waals surface area contributed by atoms with Crippen LogP contribution in [0, 0.1) is 5.92 Å². The number of rotatable bonds is 2. The van der Waals surface area contributed by atoms with Crippen molar-refractivity contribution in [2.75, 3.05) is 6.54 Å². The van der Waals surface area contributed by atoms with Crippen LogP contribution in [0.25, 0.3) is 0 Å². The summed E-state index contributed by atoms with van der Waals surface area (Å²) in [5.74, 6) is 0.845. The van der Waals surface area contributed by atoms with E-state index in [0.29, 0.717) is 0 Å². The van der Waals surface area contributed by atoms with E-state index in [9.17, 15) is 0 Å². The van der Waals surface area contributed by atoms with E-state index in [4.69, 9.17) is 0 Å². The molecule has 0 saturated carbocycles. The van der Waals surface area contributed by atoms with Crippen molar-refractivity contribution in [1.29, 1.82) is 0 Å². The lowest BCUT2D eigenvalue weighted by Crippen LogP contribution is -2.41. The fourth-order valence-corrected chi connectivity index (χ4v) is 3.77. The number of thiophene rings is 1. The zero-order valence-corrected chi connectivity index (χ0v) is 11.8. The first-order valence-corrected chi connectivity index (χ1v) is 7.31. The van der Waals surface area contributed by atoms with E-state index in [-0.39, 0.29) is 0 Å². The molecule has 2 unspecified atom stereocenters. The predicted molar refractivity (Wildman–Crippen MR) is 70.3 cm³/mol. The second kappa shape index (κ2) is 4.98. The van der Waals surface area contributed by atoms with Crippen LogP contribution in [0.5, 0.6) is 0 Å². The summed E-state index contributed by atoms with van der Waals surface area (Å²) < 4.78 is 1.28. The van der Waals surface area contributed by atoms with E-state index < -0.39 is 0 Å². The first-order chi connectivity index (χ1) is 7.18. The van der Waals surface area contributed by atoms with Gasteiger partial charge in [0.1, 0.15) is 0 Å². The summed E-state index contributed by atoms with van der Waals surface area (Å²) in [5.41, 5.74) is 0. The molecule has 0 spiro atoms. The molecule has 0 amide bonds. The Morgan fingerprint density at radius 3 is 3.00 bits per heavy atom. The zero-order valence-electron chi connectivity index (χ0n) is 9.37. The normalized spacial score (nSPS) is 28.2. The van der Waals surface area contributed by atoms with Crippen LogP contribution in [0.2, 0.25) is 0 Å². The molecule has 0 bridgehead atoms. The highest BCUT2D eigenvalue weighted by atomic mass is 79.9. The van der Waals surface area contributed by atoms with Crippen molar-refractivity contribution < 1.29 is 0 Å². The molecule has 0 aliphatic carbocycles. The molecule has 0 aromatic carbocycles. The Morgan fingerprint density at radius 1 is 1.53 bits per heavy atom. The molecule has 1 saturated heterocycles. The number of hydrogen-bond acceptors (Lipinski definition) is 2. The van der Waals surface area contributed by atoms with Gasteiger partial charge in [-0.1, -0.05) is 6.92 Å². The first-order valence-electron chi connectivity index (χ1n) is 5.64. The molecule has 1 aliphatic rings. The lowest BCUT2D eigenvalue weighted by atomic mass is 9.92. The Balaban J connectivity index is 2.02. The van der Waals surface area contributed by atoms with E-state index in [0.717, 1.165) is 18.5 Å². The SMILES string of the molecule is CC1CCCN(Cc2sccc2Br)C1C. The van der Waals surface area contributed by atoms with E-state index in [1.54, 1.807) is 0 Å². The summed E-state index contributed by atoms with van der Waals surface area (Å²) in [4.78, 5) is 4.08. The molecule has 1 aromatic rings. The number of piperidine rings is 1. The quantitative estimate of drug-likeness (QED) is 0.791. The average molecular weight is 288 g/mol. The van der Waals surface area contributed by atoms with Crippen LogP contribution in [-0.2, 0) is 6.54 Å². The minimum absolute atomic E-state index is 0.729. The van der Waals surface area contributed by atoms with Crippen LogP contribution in [0.15, 0.2) is 15.9 Å². The Labute approximate surface area is 105 Å². The Bertz CT molecular complexity index is 323. The van der Waals surface area contributed by atoms with Gasteiger partial charge in [0.15, 0.2) is 0 Å². The van der Waals surface area contributed by atoms with Gasteiger partial charge in [-0.15, -0.1) is 11.3 Å². The number of likely N-dealkylation sites (tertiary alicyclic amines) is 1. The molecule has 0 N–H and O–H groups in total. The fraction of sp³-hybridized carbons (Fsp3) is 0.667. The van der Waals surface area contributed by atoms with Gasteiger partial charge in [0.05, 0.1) is 0 Å². The molecule has 1 aliphatic heterocycles. The highest BCUT2D eigenvalue weighted by molar-refractivity contribution is 9.10. The van der Waals surface area contributed by atoms with Crippen molar-refractivity contribution >= 4 is 27.3 Å². The highest BCUT2D eigenvalue weighted by Crippen LogP contribution is 2.29. The van der Waals surface area contributed by atoms with Gasteiger partial charge in [-0.2, -0.15) is 0 Å². The van der Waals surface area contributed by atoms with E-state index in [2.05, 4.69) is 46.1 Å². The van der Waals surface area contributed by atoms with Crippen LogP contribution < -0.4 is 0 Å². The van der Waals surface area contributed by atoms with Crippen molar-refractivity contribution in [2.24, 2.45) is 5.92 Å². The van der Waals surface area contributed by atoms with Crippen molar-refractivity contribution in [3.8, 4) is 0 Å². The second-order valence-electron chi connectivity index (χ2n) is 4.52. The van der Waals surface area contributed by atoms with E-state index in [1.807, 2.05) is 11.3 Å². The molecule has 2 heterocycles. The van der Waals surface area contributed by atoms with Gasteiger partial charge in [-0.05, 0) is 59.6 Å². The number of halogens is 1. The van der Waals surface area contributed by atoms with Gasteiger partial charge in [0, 0.05) is 21.9 Å². The highest BCUT2D eigenvalue weighted by Gasteiger charge is 2.25. The van der Waals surface area contributed by atoms with Gasteiger partial charge < -0.3 is 0 Å². The summed E-state index contributed by atoms with van der Waals surface area (Å²) in [7, 11) is 0. The monoisotopic (exact) mass is 287 g/mol. The fourth-order valence-electron chi connectivity index (χ4n) is 2.27. The molecule has 0 radical (unpaired) electrons. The summed E-state index contributed by atoms with van der Waals surface area (Å²) >= 11 is 5.47. The van der Waals surface area contributed by atoms with E-state index in [1.165, 1.54) is 28.7 Å². The zero-order chi connectivity index (χ0) is 10.8. The minimum atomic E-state index is 0.729. The Hall–Kier alpha value is 0.140. The molecule has 2 rings (SSSR count). The lowest BCUT2D eigenvalue weighted by Gasteiger charge is -2.37. The summed E-state index contributed by atoms with van der Waals surface area (Å²) in [6, 6.07) is 2.88. The molecular formula is C12H18BrNS. The summed E-state index contributed by atoms with van der Waals surface area (Å²) in [6.07, 6.45) is 2.75. The van der Waals surface area contributed by atoms with Crippen molar-refractivity contribution in [3.05, 3.63) is 20.8 Å². The van der Waals surface area contributed by atoms with Gasteiger partial charge in [0.2, 0.25) is 0 Å². The second-order valence-corrected chi connectivity index (χ2v) is 6.38.